The van der Waals surface area contributed by atoms with Gasteiger partial charge in [0.05, 0.1) is 28.6 Å². The molecule has 2 unspecified atom stereocenters. The second-order valence-corrected chi connectivity index (χ2v) is 12.9. The average molecular weight is 500 g/mol. The van der Waals surface area contributed by atoms with Crippen molar-refractivity contribution in [3.8, 4) is 0 Å². The number of aliphatic hydroxyl groups is 1. The molecular weight excluding hydrogens is 466 g/mol. The van der Waals surface area contributed by atoms with Gasteiger partial charge in [-0.1, -0.05) is 23.7 Å². The zero-order valence-electron chi connectivity index (χ0n) is 19.6. The molecule has 182 valence electrons. The summed E-state index contributed by atoms with van der Waals surface area (Å²) >= 11 is 6.15. The lowest BCUT2D eigenvalue weighted by atomic mass is 9.70. The molecule has 2 aromatic rings. The van der Waals surface area contributed by atoms with Crippen molar-refractivity contribution in [1.82, 2.24) is 9.97 Å². The fourth-order valence-electron chi connectivity index (χ4n) is 6.97. The smallest absolute Gasteiger partial charge is 0.146 e. The van der Waals surface area contributed by atoms with E-state index in [4.69, 9.17) is 21.6 Å². The number of fused-ring (bicyclic) bond motifs is 3. The number of rotatable bonds is 5. The Morgan fingerprint density at radius 3 is 2.44 bits per heavy atom. The fraction of sp³-hybridized carbons (Fsp3) is 0.630. The van der Waals surface area contributed by atoms with Crippen molar-refractivity contribution in [2.45, 2.75) is 86.5 Å². The molecule has 7 heteroatoms. The van der Waals surface area contributed by atoms with E-state index in [1.54, 1.807) is 0 Å². The molecule has 1 aromatic carbocycles. The first-order valence-corrected chi connectivity index (χ1v) is 14.7. The highest BCUT2D eigenvalue weighted by Gasteiger charge is 2.45. The molecule has 34 heavy (non-hydrogen) atoms. The lowest BCUT2D eigenvalue weighted by Crippen LogP contribution is -2.49. The molecule has 0 saturated heterocycles. The molecule has 4 aliphatic rings. The van der Waals surface area contributed by atoms with Crippen LogP contribution in [0.3, 0.4) is 0 Å². The second kappa shape index (κ2) is 9.18. The highest BCUT2D eigenvalue weighted by atomic mass is 35.5. The minimum Gasteiger partial charge on any atom is -0.394 e. The number of aryl methyl sites for hydroxylation is 1. The van der Waals surface area contributed by atoms with Gasteiger partial charge in [0.25, 0.3) is 0 Å². The minimum absolute atomic E-state index is 0.0874. The van der Waals surface area contributed by atoms with Crippen LogP contribution < -0.4 is 5.32 Å². The Hall–Kier alpha value is -1.50. The summed E-state index contributed by atoms with van der Waals surface area (Å²) < 4.78 is 13.2. The number of nitrogens with zero attached hydrogens (tertiary/aromatic N) is 2. The molecule has 3 aliphatic carbocycles. The molecule has 3 fully saturated rings. The molecule has 2 bridgehead atoms. The van der Waals surface area contributed by atoms with Crippen LogP contribution in [-0.4, -0.2) is 37.2 Å². The molecule has 0 spiro atoms. The predicted molar refractivity (Wildman–Crippen MR) is 136 cm³/mol. The summed E-state index contributed by atoms with van der Waals surface area (Å²) in [6.45, 7) is 0.0874. The summed E-state index contributed by atoms with van der Waals surface area (Å²) in [5.41, 5.74) is 2.08. The maximum Gasteiger partial charge on any atom is 0.146 e. The molecule has 2 heterocycles. The molecular formula is C27H34ClN3O2S. The van der Waals surface area contributed by atoms with Crippen LogP contribution in [0, 0.1) is 11.8 Å². The van der Waals surface area contributed by atoms with E-state index in [-0.39, 0.29) is 12.1 Å². The van der Waals surface area contributed by atoms with Crippen molar-refractivity contribution in [2.75, 3.05) is 17.7 Å². The Morgan fingerprint density at radius 1 is 1.06 bits per heavy atom. The van der Waals surface area contributed by atoms with Gasteiger partial charge in [-0.05, 0) is 99.7 Å². The van der Waals surface area contributed by atoms with E-state index < -0.39 is 10.8 Å². The third-order valence-electron chi connectivity index (χ3n) is 8.89. The zero-order valence-corrected chi connectivity index (χ0v) is 21.2. The van der Waals surface area contributed by atoms with Gasteiger partial charge in [0, 0.05) is 16.7 Å². The summed E-state index contributed by atoms with van der Waals surface area (Å²) in [7, 11) is -1.09. The van der Waals surface area contributed by atoms with Crippen LogP contribution in [0.5, 0.6) is 0 Å². The SMILES string of the molecule is O=[S@]1CCCCc2nc(C3CC4CCC(C3)C4c3ccc(Cl)cc3)nc(NC3(CO)CCC3)c21. The Morgan fingerprint density at radius 2 is 1.79 bits per heavy atom. The fourth-order valence-corrected chi connectivity index (χ4v) is 8.48. The van der Waals surface area contributed by atoms with Gasteiger partial charge >= 0.3 is 0 Å². The Kier molecular flexibility index (Phi) is 6.19. The van der Waals surface area contributed by atoms with Crippen LogP contribution in [0.2, 0.25) is 5.02 Å². The predicted octanol–water partition coefficient (Wildman–Crippen LogP) is 5.59. The maximum absolute atomic E-state index is 13.2. The van der Waals surface area contributed by atoms with Gasteiger partial charge in [-0.3, -0.25) is 4.21 Å². The first kappa shape index (κ1) is 22.9. The van der Waals surface area contributed by atoms with Crippen LogP contribution in [-0.2, 0) is 17.2 Å². The van der Waals surface area contributed by atoms with Crippen LogP contribution in [0.1, 0.15) is 86.7 Å². The summed E-state index contributed by atoms with van der Waals surface area (Å²) in [5, 5.41) is 14.5. The number of anilines is 1. The summed E-state index contributed by atoms with van der Waals surface area (Å²) in [5.74, 6) is 4.58. The first-order valence-electron chi connectivity index (χ1n) is 13.0. The molecule has 1 aliphatic heterocycles. The number of benzene rings is 1. The molecule has 1 aromatic heterocycles. The van der Waals surface area contributed by atoms with E-state index in [0.29, 0.717) is 29.4 Å². The van der Waals surface area contributed by atoms with E-state index >= 15 is 0 Å². The Bertz CT molecular complexity index is 1070. The highest BCUT2D eigenvalue weighted by molar-refractivity contribution is 7.85. The second-order valence-electron chi connectivity index (χ2n) is 11.0. The van der Waals surface area contributed by atoms with Gasteiger partial charge in [0.15, 0.2) is 0 Å². The molecule has 6 rings (SSSR count). The molecule has 0 radical (unpaired) electrons. The van der Waals surface area contributed by atoms with Crippen LogP contribution in [0.4, 0.5) is 5.82 Å². The minimum atomic E-state index is -1.09. The number of aromatic nitrogens is 2. The van der Waals surface area contributed by atoms with E-state index in [1.165, 1.54) is 18.4 Å². The molecule has 3 saturated carbocycles. The number of hydrogen-bond donors (Lipinski definition) is 2. The average Bonchev–Trinajstić information content (AvgIpc) is 2.96. The zero-order chi connectivity index (χ0) is 23.3. The first-order chi connectivity index (χ1) is 16.5. The van der Waals surface area contributed by atoms with Crippen molar-refractivity contribution in [1.29, 1.82) is 0 Å². The monoisotopic (exact) mass is 499 g/mol. The molecule has 5 nitrogen and oxygen atoms in total. The number of halogens is 1. The maximum atomic E-state index is 13.2. The van der Waals surface area contributed by atoms with Crippen molar-refractivity contribution >= 4 is 28.2 Å². The van der Waals surface area contributed by atoms with Crippen molar-refractivity contribution in [3.05, 3.63) is 46.4 Å². The lowest BCUT2D eigenvalue weighted by molar-refractivity contribution is 0.143. The van der Waals surface area contributed by atoms with Gasteiger partial charge < -0.3 is 10.4 Å². The van der Waals surface area contributed by atoms with Crippen LogP contribution in [0.15, 0.2) is 29.2 Å². The van der Waals surface area contributed by atoms with Gasteiger partial charge in [0.2, 0.25) is 0 Å². The van der Waals surface area contributed by atoms with Gasteiger partial charge in [0.1, 0.15) is 16.5 Å². The highest BCUT2D eigenvalue weighted by Crippen LogP contribution is 2.56. The molecule has 2 N–H and O–H groups in total. The lowest BCUT2D eigenvalue weighted by Gasteiger charge is -2.42. The quantitative estimate of drug-likeness (QED) is 0.561. The van der Waals surface area contributed by atoms with Gasteiger partial charge in [-0.15, -0.1) is 0 Å². The number of hydrogen-bond acceptors (Lipinski definition) is 5. The normalized spacial score (nSPS) is 31.9. The topological polar surface area (TPSA) is 75.1 Å². The standard InChI is InChI=1S/C27H34ClN3O2S/c28-21-9-7-17(8-10-21)23-18-5-6-19(23)15-20(14-18)25-29-22-4-1-2-13-34(33)24(22)26(30-25)31-27(16-32)11-3-12-27/h7-10,18-20,23,32H,1-6,11-16H2,(H,29,30,31)/t18?,19?,20?,23?,34-/m0/s1. The largest absolute Gasteiger partial charge is 0.394 e. The molecule has 3 atom stereocenters. The van der Waals surface area contributed by atoms with E-state index in [2.05, 4.69) is 17.4 Å². The van der Waals surface area contributed by atoms with E-state index in [1.807, 2.05) is 12.1 Å². The van der Waals surface area contributed by atoms with E-state index in [9.17, 15) is 9.32 Å². The van der Waals surface area contributed by atoms with Crippen molar-refractivity contribution < 1.29 is 9.32 Å². The summed E-state index contributed by atoms with van der Waals surface area (Å²) in [6.07, 6.45) is 10.6. The van der Waals surface area contributed by atoms with Crippen molar-refractivity contribution in [3.63, 3.8) is 0 Å². The van der Waals surface area contributed by atoms with Crippen molar-refractivity contribution in [2.24, 2.45) is 11.8 Å². The van der Waals surface area contributed by atoms with Crippen LogP contribution in [0.25, 0.3) is 0 Å². The summed E-state index contributed by atoms with van der Waals surface area (Å²) in [6, 6.07) is 8.46. The van der Waals surface area contributed by atoms with Gasteiger partial charge in [-0.2, -0.15) is 0 Å². The third kappa shape index (κ3) is 4.10. The number of aliphatic hydroxyl groups excluding tert-OH is 1. The number of nitrogens with one attached hydrogen (secondary N) is 1. The van der Waals surface area contributed by atoms with E-state index in [0.717, 1.165) is 78.6 Å². The third-order valence-corrected chi connectivity index (χ3v) is 10.7. The Labute approximate surface area is 209 Å². The summed E-state index contributed by atoms with van der Waals surface area (Å²) in [4.78, 5) is 11.0. The molecule has 0 amide bonds. The Balaban J connectivity index is 1.32. The van der Waals surface area contributed by atoms with Gasteiger partial charge in [-0.25, -0.2) is 9.97 Å². The van der Waals surface area contributed by atoms with Crippen LogP contribution >= 0.6 is 11.6 Å².